The Morgan fingerprint density at radius 3 is 2.86 bits per heavy atom. The van der Waals surface area contributed by atoms with Crippen molar-refractivity contribution in [3.63, 3.8) is 0 Å². The summed E-state index contributed by atoms with van der Waals surface area (Å²) in [5, 5.41) is 0. The van der Waals surface area contributed by atoms with Gasteiger partial charge in [0.25, 0.3) is 0 Å². The lowest BCUT2D eigenvalue weighted by atomic mass is 9.78. The Balaban J connectivity index is 1.89. The van der Waals surface area contributed by atoms with Crippen molar-refractivity contribution >= 4 is 0 Å². The van der Waals surface area contributed by atoms with Gasteiger partial charge in [0.05, 0.1) is 19.8 Å². The molecule has 1 saturated heterocycles. The van der Waals surface area contributed by atoms with Gasteiger partial charge in [-0.05, 0) is 12.0 Å². The molecule has 0 saturated carbocycles. The minimum atomic E-state index is -0.189. The van der Waals surface area contributed by atoms with Crippen molar-refractivity contribution in [3.05, 3.63) is 23.8 Å². The van der Waals surface area contributed by atoms with Crippen LogP contribution in [0, 0.1) is 5.92 Å². The third-order valence-corrected chi connectivity index (χ3v) is 4.74. The van der Waals surface area contributed by atoms with E-state index < -0.39 is 0 Å². The summed E-state index contributed by atoms with van der Waals surface area (Å²) < 4.78 is 17.6. The molecule has 0 bridgehead atoms. The highest BCUT2D eigenvalue weighted by molar-refractivity contribution is 5.44. The normalized spacial score (nSPS) is 31.9. The van der Waals surface area contributed by atoms with E-state index in [9.17, 15) is 0 Å². The van der Waals surface area contributed by atoms with Gasteiger partial charge < -0.3 is 19.9 Å². The Morgan fingerprint density at radius 1 is 1.33 bits per heavy atom. The molecule has 0 amide bonds. The monoisotopic (exact) mass is 291 g/mol. The molecular formula is C17H25NO3. The van der Waals surface area contributed by atoms with Gasteiger partial charge in [-0.3, -0.25) is 0 Å². The van der Waals surface area contributed by atoms with Gasteiger partial charge in [-0.25, -0.2) is 0 Å². The average molecular weight is 291 g/mol. The Hall–Kier alpha value is -1.26. The fourth-order valence-corrected chi connectivity index (χ4v) is 3.45. The SMILES string of the molecule is COc1ccc2c(c1)OC1(CCOC(C(C)C)C1)C[C@@H]2N. The number of methoxy groups -OCH3 is 1. The highest BCUT2D eigenvalue weighted by Crippen LogP contribution is 2.45. The topological polar surface area (TPSA) is 53.7 Å². The molecule has 0 aromatic heterocycles. The molecule has 1 aromatic rings. The number of hydrogen-bond acceptors (Lipinski definition) is 4. The maximum absolute atomic E-state index is 6.41. The van der Waals surface area contributed by atoms with Gasteiger partial charge in [-0.15, -0.1) is 0 Å². The highest BCUT2D eigenvalue weighted by atomic mass is 16.5. The second-order valence-corrected chi connectivity index (χ2v) is 6.61. The molecule has 1 fully saturated rings. The van der Waals surface area contributed by atoms with Crippen molar-refractivity contribution in [1.29, 1.82) is 0 Å². The van der Waals surface area contributed by atoms with Crippen molar-refractivity contribution in [2.45, 2.75) is 50.9 Å². The summed E-state index contributed by atoms with van der Waals surface area (Å²) in [6, 6.07) is 5.94. The summed E-state index contributed by atoms with van der Waals surface area (Å²) in [7, 11) is 1.67. The van der Waals surface area contributed by atoms with Gasteiger partial charge in [0, 0.05) is 36.9 Å². The Labute approximate surface area is 126 Å². The summed E-state index contributed by atoms with van der Waals surface area (Å²) in [5.74, 6) is 2.18. The molecule has 2 aliphatic rings. The van der Waals surface area contributed by atoms with E-state index in [2.05, 4.69) is 13.8 Å². The predicted octanol–water partition coefficient (Wildman–Crippen LogP) is 3.05. The van der Waals surface area contributed by atoms with E-state index in [1.165, 1.54) is 0 Å². The third kappa shape index (κ3) is 2.74. The van der Waals surface area contributed by atoms with Crippen LogP contribution in [-0.2, 0) is 4.74 Å². The average Bonchev–Trinajstić information content (AvgIpc) is 2.46. The molecule has 1 spiro atoms. The minimum Gasteiger partial charge on any atom is -0.497 e. The lowest BCUT2D eigenvalue weighted by Crippen LogP contribution is -2.50. The van der Waals surface area contributed by atoms with Crippen LogP contribution in [0.25, 0.3) is 0 Å². The zero-order valence-corrected chi connectivity index (χ0v) is 13.1. The van der Waals surface area contributed by atoms with Crippen LogP contribution in [0.2, 0.25) is 0 Å². The Morgan fingerprint density at radius 2 is 2.14 bits per heavy atom. The van der Waals surface area contributed by atoms with E-state index in [1.54, 1.807) is 7.11 Å². The Bertz CT molecular complexity index is 517. The number of benzene rings is 1. The molecule has 3 rings (SSSR count). The molecule has 2 N–H and O–H groups in total. The van der Waals surface area contributed by atoms with Crippen molar-refractivity contribution in [2.24, 2.45) is 11.7 Å². The first-order chi connectivity index (χ1) is 10.0. The van der Waals surface area contributed by atoms with Crippen molar-refractivity contribution in [1.82, 2.24) is 0 Å². The molecule has 21 heavy (non-hydrogen) atoms. The molecule has 2 unspecified atom stereocenters. The first-order valence-electron chi connectivity index (χ1n) is 7.77. The molecule has 3 atom stereocenters. The molecule has 0 radical (unpaired) electrons. The molecule has 0 aliphatic carbocycles. The molecule has 116 valence electrons. The summed E-state index contributed by atoms with van der Waals surface area (Å²) in [5.41, 5.74) is 7.29. The van der Waals surface area contributed by atoms with Crippen molar-refractivity contribution in [2.75, 3.05) is 13.7 Å². The van der Waals surface area contributed by atoms with E-state index in [0.717, 1.165) is 42.9 Å². The van der Waals surface area contributed by atoms with E-state index in [4.69, 9.17) is 19.9 Å². The minimum absolute atomic E-state index is 0.0190. The van der Waals surface area contributed by atoms with Crippen LogP contribution in [0.1, 0.15) is 44.7 Å². The van der Waals surface area contributed by atoms with Gasteiger partial charge in [-0.2, -0.15) is 0 Å². The number of hydrogen-bond donors (Lipinski definition) is 1. The first-order valence-corrected chi connectivity index (χ1v) is 7.77. The van der Waals surface area contributed by atoms with Gasteiger partial charge in [-0.1, -0.05) is 19.9 Å². The fourth-order valence-electron chi connectivity index (χ4n) is 3.45. The van der Waals surface area contributed by atoms with E-state index >= 15 is 0 Å². The number of nitrogens with two attached hydrogens (primary N) is 1. The predicted molar refractivity (Wildman–Crippen MR) is 81.7 cm³/mol. The molecule has 4 heteroatoms. The molecule has 2 heterocycles. The summed E-state index contributed by atoms with van der Waals surface area (Å²) >= 11 is 0. The Kier molecular flexibility index (Phi) is 3.84. The van der Waals surface area contributed by atoms with Gasteiger partial charge >= 0.3 is 0 Å². The second kappa shape index (κ2) is 5.50. The lowest BCUT2D eigenvalue weighted by Gasteiger charge is -2.46. The number of ether oxygens (including phenoxy) is 3. The van der Waals surface area contributed by atoms with E-state index in [-0.39, 0.29) is 17.7 Å². The molecule has 2 aliphatic heterocycles. The zero-order chi connectivity index (χ0) is 15.0. The lowest BCUT2D eigenvalue weighted by molar-refractivity contribution is -0.115. The third-order valence-electron chi connectivity index (χ3n) is 4.74. The molecule has 4 nitrogen and oxygen atoms in total. The second-order valence-electron chi connectivity index (χ2n) is 6.61. The largest absolute Gasteiger partial charge is 0.497 e. The van der Waals surface area contributed by atoms with E-state index in [1.807, 2.05) is 18.2 Å². The van der Waals surface area contributed by atoms with Gasteiger partial charge in [0.2, 0.25) is 0 Å². The van der Waals surface area contributed by atoms with Crippen LogP contribution in [0.3, 0.4) is 0 Å². The van der Waals surface area contributed by atoms with Crippen LogP contribution in [0.15, 0.2) is 18.2 Å². The van der Waals surface area contributed by atoms with Gasteiger partial charge in [0.1, 0.15) is 17.1 Å². The van der Waals surface area contributed by atoms with Crippen molar-refractivity contribution < 1.29 is 14.2 Å². The van der Waals surface area contributed by atoms with E-state index in [0.29, 0.717) is 5.92 Å². The van der Waals surface area contributed by atoms with Crippen LogP contribution < -0.4 is 15.2 Å². The van der Waals surface area contributed by atoms with Crippen LogP contribution >= 0.6 is 0 Å². The summed E-state index contributed by atoms with van der Waals surface area (Å²) in [6.07, 6.45) is 2.92. The first kappa shape index (κ1) is 14.7. The van der Waals surface area contributed by atoms with Crippen LogP contribution in [0.5, 0.6) is 11.5 Å². The highest BCUT2D eigenvalue weighted by Gasteiger charge is 2.44. The fraction of sp³-hybridized carbons (Fsp3) is 0.647. The van der Waals surface area contributed by atoms with Crippen LogP contribution in [0.4, 0.5) is 0 Å². The molecule has 1 aromatic carbocycles. The van der Waals surface area contributed by atoms with Crippen LogP contribution in [-0.4, -0.2) is 25.4 Å². The smallest absolute Gasteiger partial charge is 0.128 e. The number of fused-ring (bicyclic) bond motifs is 1. The summed E-state index contributed by atoms with van der Waals surface area (Å²) in [6.45, 7) is 5.14. The van der Waals surface area contributed by atoms with Crippen molar-refractivity contribution in [3.8, 4) is 11.5 Å². The quantitative estimate of drug-likeness (QED) is 0.910. The summed E-state index contributed by atoms with van der Waals surface area (Å²) in [4.78, 5) is 0. The number of rotatable bonds is 2. The standard InChI is InChI=1S/C17H25NO3/c1-11(2)16-10-17(6-7-20-16)9-14(18)13-5-4-12(19-3)8-15(13)21-17/h4-5,8,11,14,16H,6-7,9-10,18H2,1-3H3/t14-,16?,17?/m0/s1. The van der Waals surface area contributed by atoms with Gasteiger partial charge in [0.15, 0.2) is 0 Å². The maximum atomic E-state index is 6.41. The molecular weight excluding hydrogens is 266 g/mol. The zero-order valence-electron chi connectivity index (χ0n) is 13.1. The maximum Gasteiger partial charge on any atom is 0.128 e.